The van der Waals surface area contributed by atoms with Gasteiger partial charge in [-0.3, -0.25) is 9.59 Å². The van der Waals surface area contributed by atoms with Crippen LogP contribution in [-0.2, 0) is 23.8 Å². The summed E-state index contributed by atoms with van der Waals surface area (Å²) in [4.78, 5) is 22.5. The van der Waals surface area contributed by atoms with Crippen LogP contribution in [0.5, 0.6) is 0 Å². The van der Waals surface area contributed by atoms with E-state index >= 15 is 0 Å². The molecule has 0 aromatic rings. The zero-order chi connectivity index (χ0) is 19.0. The Balaban J connectivity index is 1.65. The van der Waals surface area contributed by atoms with Crippen molar-refractivity contribution in [2.24, 2.45) is 5.41 Å². The maximum Gasteiger partial charge on any atom is 0.329 e. The molecule has 0 aromatic heterocycles. The fourth-order valence-corrected chi connectivity index (χ4v) is 3.52. The Morgan fingerprint density at radius 3 is 2.77 bits per heavy atom. The molecule has 2 atom stereocenters. The van der Waals surface area contributed by atoms with Crippen molar-refractivity contribution in [3.8, 4) is 0 Å². The van der Waals surface area contributed by atoms with Gasteiger partial charge in [0.15, 0.2) is 5.12 Å². The van der Waals surface area contributed by atoms with E-state index in [0.717, 1.165) is 38.2 Å². The largest absolute Gasteiger partial charge is 0.408 e. The summed E-state index contributed by atoms with van der Waals surface area (Å²) in [6.07, 6.45) is 2.66. The summed E-state index contributed by atoms with van der Waals surface area (Å²) < 4.78 is 17.3. The quantitative estimate of drug-likeness (QED) is 0.456. The molecule has 2 fully saturated rings. The first-order valence-corrected chi connectivity index (χ1v) is 10.4. The average molecular weight is 389 g/mol. The highest BCUT2D eigenvalue weighted by Crippen LogP contribution is 2.40. The molecule has 2 rings (SSSR count). The predicted octanol–water partition coefficient (Wildman–Crippen LogP) is 1.66. The van der Waals surface area contributed by atoms with E-state index < -0.39 is 5.97 Å². The van der Waals surface area contributed by atoms with Crippen LogP contribution < -0.4 is 10.6 Å². The zero-order valence-electron chi connectivity index (χ0n) is 16.1. The van der Waals surface area contributed by atoms with Gasteiger partial charge in [-0.1, -0.05) is 25.6 Å². The first-order chi connectivity index (χ1) is 12.3. The first kappa shape index (κ1) is 21.6. The molecule has 0 amide bonds. The molecule has 2 heterocycles. The molecular formula is C18H32N2O5S. The number of nitrogens with one attached hydrogen (secondary N) is 2. The Kier molecular flexibility index (Phi) is 8.35. The van der Waals surface area contributed by atoms with Gasteiger partial charge in [0.2, 0.25) is 0 Å². The standard InChI is InChI=1S/C18H32N2O5S/c1-14(21)26-11-10-19-8-5-9-20-12-15-17(2,3)13-23-18(24-15)7-4-6-16(22)25-18/h15,19-20H,4-13H2,1-3H3/t15-,18?/m0/s1. The number of thioether (sulfide) groups is 1. The monoisotopic (exact) mass is 388 g/mol. The number of esters is 1. The van der Waals surface area contributed by atoms with Gasteiger partial charge in [-0.15, -0.1) is 0 Å². The molecule has 1 unspecified atom stereocenters. The van der Waals surface area contributed by atoms with Crippen LogP contribution in [0.1, 0.15) is 46.5 Å². The van der Waals surface area contributed by atoms with E-state index in [-0.39, 0.29) is 22.6 Å². The smallest absolute Gasteiger partial charge is 0.329 e. The third kappa shape index (κ3) is 6.81. The SMILES string of the molecule is CC(=O)SCCNCCCNC[C@@H]1OC2(CCCC(=O)O2)OCC1(C)C. The molecule has 2 saturated heterocycles. The minimum absolute atomic E-state index is 0.0814. The molecule has 2 N–H and O–H groups in total. The Morgan fingerprint density at radius 1 is 1.27 bits per heavy atom. The van der Waals surface area contributed by atoms with Gasteiger partial charge in [0.25, 0.3) is 0 Å². The molecule has 0 saturated carbocycles. The lowest BCUT2D eigenvalue weighted by Crippen LogP contribution is -2.58. The third-order valence-corrected chi connectivity index (χ3v) is 5.43. The molecule has 2 aliphatic heterocycles. The van der Waals surface area contributed by atoms with Crippen LogP contribution in [0.2, 0.25) is 0 Å². The second-order valence-corrected chi connectivity index (χ2v) is 8.81. The van der Waals surface area contributed by atoms with Crippen molar-refractivity contribution in [2.75, 3.05) is 38.5 Å². The molecule has 0 aromatic carbocycles. The lowest BCUT2D eigenvalue weighted by atomic mass is 9.86. The molecular weight excluding hydrogens is 356 g/mol. The van der Waals surface area contributed by atoms with E-state index in [4.69, 9.17) is 14.2 Å². The van der Waals surface area contributed by atoms with Crippen LogP contribution >= 0.6 is 11.8 Å². The molecule has 1 spiro atoms. The Labute approximate surface area is 160 Å². The molecule has 26 heavy (non-hydrogen) atoms. The van der Waals surface area contributed by atoms with E-state index in [2.05, 4.69) is 24.5 Å². The van der Waals surface area contributed by atoms with Gasteiger partial charge in [0, 0.05) is 44.0 Å². The van der Waals surface area contributed by atoms with Gasteiger partial charge in [0.1, 0.15) is 0 Å². The highest BCUT2D eigenvalue weighted by molar-refractivity contribution is 8.13. The Bertz CT molecular complexity index is 488. The zero-order valence-corrected chi connectivity index (χ0v) is 16.9. The molecule has 2 aliphatic rings. The van der Waals surface area contributed by atoms with Gasteiger partial charge < -0.3 is 24.8 Å². The van der Waals surface area contributed by atoms with Gasteiger partial charge in [-0.2, -0.15) is 0 Å². The normalized spacial score (nSPS) is 28.1. The van der Waals surface area contributed by atoms with Crippen molar-refractivity contribution < 1.29 is 23.8 Å². The lowest BCUT2D eigenvalue weighted by molar-refractivity contribution is -0.427. The molecule has 8 heteroatoms. The highest BCUT2D eigenvalue weighted by Gasteiger charge is 2.50. The van der Waals surface area contributed by atoms with Crippen molar-refractivity contribution >= 4 is 22.8 Å². The second-order valence-electron chi connectivity index (χ2n) is 7.54. The molecule has 0 bridgehead atoms. The number of hydrogen-bond acceptors (Lipinski definition) is 8. The maximum atomic E-state index is 11.6. The first-order valence-electron chi connectivity index (χ1n) is 9.41. The van der Waals surface area contributed by atoms with E-state index in [0.29, 0.717) is 26.0 Å². The number of carbonyl (C=O) groups excluding carboxylic acids is 2. The average Bonchev–Trinajstić information content (AvgIpc) is 2.56. The van der Waals surface area contributed by atoms with Crippen molar-refractivity contribution in [2.45, 2.75) is 58.5 Å². The van der Waals surface area contributed by atoms with Crippen LogP contribution in [0.3, 0.4) is 0 Å². The molecule has 0 radical (unpaired) electrons. The van der Waals surface area contributed by atoms with E-state index in [9.17, 15) is 9.59 Å². The molecule has 7 nitrogen and oxygen atoms in total. The predicted molar refractivity (Wildman–Crippen MR) is 101 cm³/mol. The summed E-state index contributed by atoms with van der Waals surface area (Å²) >= 11 is 1.35. The molecule has 0 aliphatic carbocycles. The minimum Gasteiger partial charge on any atom is -0.408 e. The van der Waals surface area contributed by atoms with E-state index in [1.54, 1.807) is 6.92 Å². The number of rotatable bonds is 9. The lowest BCUT2D eigenvalue weighted by Gasteiger charge is -2.48. The van der Waals surface area contributed by atoms with Crippen molar-refractivity contribution in [1.82, 2.24) is 10.6 Å². The van der Waals surface area contributed by atoms with Gasteiger partial charge >= 0.3 is 11.9 Å². The Morgan fingerprint density at radius 2 is 2.04 bits per heavy atom. The summed E-state index contributed by atoms with van der Waals surface area (Å²) in [7, 11) is 0. The highest BCUT2D eigenvalue weighted by atomic mass is 32.2. The van der Waals surface area contributed by atoms with Crippen molar-refractivity contribution in [3.63, 3.8) is 0 Å². The maximum absolute atomic E-state index is 11.6. The number of hydrogen-bond donors (Lipinski definition) is 2. The summed E-state index contributed by atoms with van der Waals surface area (Å²) in [6.45, 7) is 9.61. The summed E-state index contributed by atoms with van der Waals surface area (Å²) in [5.74, 6) is -0.627. The van der Waals surface area contributed by atoms with Crippen LogP contribution in [0.4, 0.5) is 0 Å². The fourth-order valence-electron chi connectivity index (χ4n) is 2.99. The van der Waals surface area contributed by atoms with Gasteiger partial charge in [0.05, 0.1) is 12.7 Å². The van der Waals surface area contributed by atoms with Crippen LogP contribution in [0.15, 0.2) is 0 Å². The van der Waals surface area contributed by atoms with Gasteiger partial charge in [-0.25, -0.2) is 0 Å². The van der Waals surface area contributed by atoms with Crippen LogP contribution in [-0.4, -0.2) is 61.7 Å². The topological polar surface area (TPSA) is 85.9 Å². The van der Waals surface area contributed by atoms with Crippen LogP contribution in [0.25, 0.3) is 0 Å². The van der Waals surface area contributed by atoms with Crippen LogP contribution in [0, 0.1) is 5.41 Å². The minimum atomic E-state index is -1.19. The summed E-state index contributed by atoms with van der Waals surface area (Å²) in [5, 5.41) is 6.92. The number of carbonyl (C=O) groups is 2. The summed E-state index contributed by atoms with van der Waals surface area (Å²) in [5.41, 5.74) is -0.149. The molecule has 150 valence electrons. The van der Waals surface area contributed by atoms with Crippen molar-refractivity contribution in [1.29, 1.82) is 0 Å². The Hall–Kier alpha value is -0.670. The second kappa shape index (κ2) is 10.0. The fraction of sp³-hybridized carbons (Fsp3) is 0.889. The van der Waals surface area contributed by atoms with E-state index in [1.807, 2.05) is 0 Å². The third-order valence-electron chi connectivity index (χ3n) is 4.61. The van der Waals surface area contributed by atoms with Gasteiger partial charge in [-0.05, 0) is 25.9 Å². The summed E-state index contributed by atoms with van der Waals surface area (Å²) in [6, 6.07) is 0. The van der Waals surface area contributed by atoms with E-state index in [1.165, 1.54) is 11.8 Å². The van der Waals surface area contributed by atoms with Crippen molar-refractivity contribution in [3.05, 3.63) is 0 Å². The number of ether oxygens (including phenoxy) is 3.